The highest BCUT2D eigenvalue weighted by atomic mass is 35.5. The molecule has 0 saturated heterocycles. The summed E-state index contributed by atoms with van der Waals surface area (Å²) in [7, 11) is 0. The van der Waals surface area contributed by atoms with E-state index in [-0.39, 0.29) is 0 Å². The van der Waals surface area contributed by atoms with Crippen molar-refractivity contribution in [2.45, 2.75) is 73.6 Å². The lowest BCUT2D eigenvalue weighted by molar-refractivity contribution is 0.649. The molecule has 4 rings (SSSR count). The number of halogens is 4. The molecular formula is C34H37Cl4N3. The van der Waals surface area contributed by atoms with Crippen molar-refractivity contribution >= 4 is 52.2 Å². The third-order valence-electron chi connectivity index (χ3n) is 7.39. The number of rotatable bonds is 10. The number of nitrogens with zero attached hydrogens (tertiary/aromatic N) is 2. The molecule has 41 heavy (non-hydrogen) atoms. The normalized spacial score (nSPS) is 11.3. The molecule has 0 atom stereocenters. The van der Waals surface area contributed by atoms with Crippen LogP contribution in [-0.2, 0) is 6.42 Å². The van der Waals surface area contributed by atoms with E-state index in [9.17, 15) is 0 Å². The molecule has 0 fully saturated rings. The van der Waals surface area contributed by atoms with Crippen LogP contribution >= 0.6 is 46.4 Å². The van der Waals surface area contributed by atoms with Crippen LogP contribution in [0.3, 0.4) is 0 Å². The summed E-state index contributed by atoms with van der Waals surface area (Å²) in [5.74, 6) is 0.664. The molecule has 0 aliphatic heterocycles. The summed E-state index contributed by atoms with van der Waals surface area (Å²) in [6.45, 7) is 13.4. The second-order valence-corrected chi connectivity index (χ2v) is 12.7. The molecule has 216 valence electrons. The summed E-state index contributed by atoms with van der Waals surface area (Å²) in [6, 6.07) is 12.3. The molecule has 3 nitrogen and oxygen atoms in total. The van der Waals surface area contributed by atoms with Crippen LogP contribution in [0.4, 0.5) is 5.82 Å². The third kappa shape index (κ3) is 7.56. The molecule has 0 saturated carbocycles. The highest BCUT2D eigenvalue weighted by molar-refractivity contribution is 6.37. The van der Waals surface area contributed by atoms with Gasteiger partial charge in [-0.2, -0.15) is 0 Å². The molecule has 0 spiro atoms. The topological polar surface area (TPSA) is 37.8 Å². The van der Waals surface area contributed by atoms with Gasteiger partial charge in [-0.25, -0.2) is 9.97 Å². The smallest absolute Gasteiger partial charge is 0.145 e. The molecule has 0 bridgehead atoms. The van der Waals surface area contributed by atoms with E-state index in [1.54, 1.807) is 6.07 Å². The Bertz CT molecular complexity index is 1420. The van der Waals surface area contributed by atoms with Gasteiger partial charge < -0.3 is 5.32 Å². The third-order valence-corrected chi connectivity index (χ3v) is 8.58. The summed E-state index contributed by atoms with van der Waals surface area (Å²) in [5.41, 5.74) is 11.7. The van der Waals surface area contributed by atoms with Gasteiger partial charge in [0.15, 0.2) is 0 Å². The zero-order valence-corrected chi connectivity index (χ0v) is 27.6. The van der Waals surface area contributed by atoms with Crippen molar-refractivity contribution < 1.29 is 0 Å². The molecule has 0 radical (unpaired) electrons. The summed E-state index contributed by atoms with van der Waals surface area (Å²) in [4.78, 5) is 9.75. The molecular weight excluding hydrogens is 592 g/mol. The number of aromatic nitrogens is 2. The first-order valence-electron chi connectivity index (χ1n) is 14.1. The van der Waals surface area contributed by atoms with Crippen LogP contribution in [0.5, 0.6) is 0 Å². The number of benzene rings is 2. The predicted molar refractivity (Wildman–Crippen MR) is 178 cm³/mol. The molecule has 1 N–H and O–H groups in total. The standard InChI is InChI=1S/C34H37Cl4N3/c1-19-13-21(3)30(22(4)14-19)32-26(36)17-25(35)29(40-32)11-9-7-8-10-12-39-34-28(38)18-27(37)33(41-34)31-23(5)15-20(2)16-24(31)6/h13-18H,7-12H2,1-6H3,(H,39,41). The molecule has 0 aliphatic rings. The van der Waals surface area contributed by atoms with E-state index in [0.29, 0.717) is 25.9 Å². The van der Waals surface area contributed by atoms with Gasteiger partial charge in [0, 0.05) is 17.7 Å². The minimum Gasteiger partial charge on any atom is -0.369 e. The van der Waals surface area contributed by atoms with Crippen LogP contribution in [0.2, 0.25) is 20.1 Å². The Balaban J connectivity index is 1.34. The van der Waals surface area contributed by atoms with E-state index in [0.717, 1.165) is 78.0 Å². The Morgan fingerprint density at radius 1 is 0.537 bits per heavy atom. The maximum atomic E-state index is 6.60. The SMILES string of the molecule is Cc1cc(C)c(-c2nc(CCCCCCNc3nc(-c4c(C)cc(C)cc4C)c(Cl)cc3Cl)c(Cl)cc2Cl)c(C)c1. The van der Waals surface area contributed by atoms with Gasteiger partial charge in [-0.15, -0.1) is 0 Å². The van der Waals surface area contributed by atoms with Gasteiger partial charge >= 0.3 is 0 Å². The maximum absolute atomic E-state index is 6.60. The number of pyridine rings is 2. The number of hydrogen-bond acceptors (Lipinski definition) is 3. The lowest BCUT2D eigenvalue weighted by atomic mass is 9.96. The van der Waals surface area contributed by atoms with Crippen LogP contribution in [-0.4, -0.2) is 16.5 Å². The fraction of sp³-hybridized carbons (Fsp3) is 0.353. The van der Waals surface area contributed by atoms with E-state index < -0.39 is 0 Å². The summed E-state index contributed by atoms with van der Waals surface area (Å²) in [5, 5.41) is 5.71. The Labute approximate surface area is 264 Å². The number of unbranched alkanes of at least 4 members (excludes halogenated alkanes) is 3. The molecule has 2 aromatic heterocycles. The zero-order valence-electron chi connectivity index (χ0n) is 24.6. The largest absolute Gasteiger partial charge is 0.369 e. The van der Waals surface area contributed by atoms with Crippen molar-refractivity contribution in [3.8, 4) is 22.5 Å². The molecule has 2 aromatic carbocycles. The Hall–Kier alpha value is -2.30. The highest BCUT2D eigenvalue weighted by Gasteiger charge is 2.17. The monoisotopic (exact) mass is 627 g/mol. The number of aryl methyl sites for hydroxylation is 7. The Kier molecular flexibility index (Phi) is 10.6. The lowest BCUT2D eigenvalue weighted by Crippen LogP contribution is -2.06. The fourth-order valence-electron chi connectivity index (χ4n) is 5.71. The van der Waals surface area contributed by atoms with Gasteiger partial charge in [0.1, 0.15) is 5.82 Å². The van der Waals surface area contributed by atoms with Crippen molar-refractivity contribution in [2.24, 2.45) is 0 Å². The molecule has 7 heteroatoms. The quantitative estimate of drug-likeness (QED) is 0.177. The van der Waals surface area contributed by atoms with Gasteiger partial charge in [-0.3, -0.25) is 0 Å². The van der Waals surface area contributed by atoms with Crippen LogP contribution in [0.15, 0.2) is 36.4 Å². The minimum atomic E-state index is 0.527. The van der Waals surface area contributed by atoms with Gasteiger partial charge in [0.25, 0.3) is 0 Å². The second kappa shape index (κ2) is 13.8. The molecule has 0 aliphatic carbocycles. The minimum absolute atomic E-state index is 0.527. The molecule has 0 unspecified atom stereocenters. The van der Waals surface area contributed by atoms with Crippen molar-refractivity contribution in [1.82, 2.24) is 9.97 Å². The fourth-order valence-corrected chi connectivity index (χ4v) is 6.77. The van der Waals surface area contributed by atoms with Crippen molar-refractivity contribution in [1.29, 1.82) is 0 Å². The summed E-state index contributed by atoms with van der Waals surface area (Å²) < 4.78 is 0. The molecule has 2 heterocycles. The maximum Gasteiger partial charge on any atom is 0.145 e. The summed E-state index contributed by atoms with van der Waals surface area (Å²) >= 11 is 26.2. The first-order chi connectivity index (χ1) is 19.5. The second-order valence-electron chi connectivity index (χ2n) is 11.0. The van der Waals surface area contributed by atoms with Gasteiger partial charge in [-0.1, -0.05) is 94.6 Å². The highest BCUT2D eigenvalue weighted by Crippen LogP contribution is 2.37. The van der Waals surface area contributed by atoms with Crippen LogP contribution in [0.1, 0.15) is 64.8 Å². The molecule has 4 aromatic rings. The van der Waals surface area contributed by atoms with E-state index in [2.05, 4.69) is 71.1 Å². The zero-order chi connectivity index (χ0) is 29.8. The van der Waals surface area contributed by atoms with Crippen molar-refractivity contribution in [3.63, 3.8) is 0 Å². The Morgan fingerprint density at radius 2 is 1.00 bits per heavy atom. The van der Waals surface area contributed by atoms with Crippen LogP contribution in [0, 0.1) is 41.5 Å². The van der Waals surface area contributed by atoms with Crippen molar-refractivity contribution in [2.75, 3.05) is 11.9 Å². The molecule has 0 amide bonds. The van der Waals surface area contributed by atoms with E-state index in [4.69, 9.17) is 56.4 Å². The predicted octanol–water partition coefficient (Wildman–Crippen LogP) is 11.5. The average Bonchev–Trinajstić information content (AvgIpc) is 2.86. The van der Waals surface area contributed by atoms with Crippen molar-refractivity contribution in [3.05, 3.63) is 95.6 Å². The first kappa shape index (κ1) is 31.6. The first-order valence-corrected chi connectivity index (χ1v) is 15.6. The van der Waals surface area contributed by atoms with E-state index >= 15 is 0 Å². The number of anilines is 1. The van der Waals surface area contributed by atoms with E-state index in [1.165, 1.54) is 22.3 Å². The van der Waals surface area contributed by atoms with E-state index in [1.807, 2.05) is 6.07 Å². The Morgan fingerprint density at radius 3 is 1.54 bits per heavy atom. The number of hydrogen-bond donors (Lipinski definition) is 1. The lowest BCUT2D eigenvalue weighted by Gasteiger charge is -2.15. The van der Waals surface area contributed by atoms with Crippen LogP contribution < -0.4 is 5.32 Å². The number of nitrogens with one attached hydrogen (secondary N) is 1. The summed E-state index contributed by atoms with van der Waals surface area (Å²) in [6.07, 6.45) is 4.93. The van der Waals surface area contributed by atoms with Gasteiger partial charge in [-0.05, 0) is 95.2 Å². The van der Waals surface area contributed by atoms with Crippen LogP contribution in [0.25, 0.3) is 22.5 Å². The van der Waals surface area contributed by atoms with Gasteiger partial charge in [0.2, 0.25) is 0 Å². The average molecular weight is 630 g/mol. The van der Waals surface area contributed by atoms with Gasteiger partial charge in [0.05, 0.1) is 37.2 Å².